The summed E-state index contributed by atoms with van der Waals surface area (Å²) in [6.07, 6.45) is 0.556. The van der Waals surface area contributed by atoms with Crippen molar-refractivity contribution in [3.63, 3.8) is 0 Å². The Kier molecular flexibility index (Phi) is 5.55. The Morgan fingerprint density at radius 3 is 2.67 bits per heavy atom. The number of fused-ring (bicyclic) bond motifs is 1. The average Bonchev–Trinajstić information content (AvgIpc) is 3.17. The summed E-state index contributed by atoms with van der Waals surface area (Å²) in [5.74, 6) is -1.01. The number of carbonyl (C=O) groups is 2. The van der Waals surface area contributed by atoms with E-state index in [1.807, 2.05) is 18.2 Å². The monoisotopic (exact) mass is 376 g/mol. The second-order valence-electron chi connectivity index (χ2n) is 5.55. The molecular formula is C17H16N2O8. The minimum atomic E-state index is -0.954. The molecule has 0 saturated carbocycles. The third-order valence-corrected chi connectivity index (χ3v) is 3.65. The molecule has 0 atom stereocenters. The molecule has 10 heteroatoms. The molecule has 27 heavy (non-hydrogen) atoms. The van der Waals surface area contributed by atoms with Crippen molar-refractivity contribution in [3.8, 4) is 11.5 Å². The first-order chi connectivity index (χ1) is 13.0. The molecule has 1 aromatic heterocycles. The van der Waals surface area contributed by atoms with Crippen LogP contribution in [0, 0.1) is 10.1 Å². The fraction of sp³-hybridized carbons (Fsp3) is 0.294. The normalized spacial score (nSPS) is 12.3. The number of hydrogen-bond acceptors (Lipinski definition) is 8. The van der Waals surface area contributed by atoms with Gasteiger partial charge in [-0.05, 0) is 30.2 Å². The van der Waals surface area contributed by atoms with Crippen molar-refractivity contribution in [2.75, 3.05) is 26.4 Å². The highest BCUT2D eigenvalue weighted by Gasteiger charge is 2.19. The zero-order valence-electron chi connectivity index (χ0n) is 14.1. The van der Waals surface area contributed by atoms with E-state index >= 15 is 0 Å². The van der Waals surface area contributed by atoms with Gasteiger partial charge in [0.25, 0.3) is 5.91 Å². The number of furan rings is 1. The van der Waals surface area contributed by atoms with E-state index in [2.05, 4.69) is 5.32 Å². The molecule has 0 bridgehead atoms. The van der Waals surface area contributed by atoms with Crippen LogP contribution in [-0.4, -0.2) is 43.2 Å². The van der Waals surface area contributed by atoms with Crippen molar-refractivity contribution in [1.82, 2.24) is 5.32 Å². The fourth-order valence-electron chi connectivity index (χ4n) is 2.38. The van der Waals surface area contributed by atoms with Gasteiger partial charge in [-0.25, -0.2) is 4.79 Å². The molecule has 1 amide bonds. The third-order valence-electron chi connectivity index (χ3n) is 3.65. The third kappa shape index (κ3) is 4.75. The number of benzene rings is 1. The number of nitro groups is 1. The van der Waals surface area contributed by atoms with Gasteiger partial charge in [-0.2, -0.15) is 0 Å². The van der Waals surface area contributed by atoms with Gasteiger partial charge in [0.1, 0.15) is 18.1 Å². The molecule has 142 valence electrons. The van der Waals surface area contributed by atoms with Crippen LogP contribution >= 0.6 is 0 Å². The lowest BCUT2D eigenvalue weighted by Gasteiger charge is -2.18. The van der Waals surface area contributed by atoms with Crippen LogP contribution in [0.25, 0.3) is 0 Å². The van der Waals surface area contributed by atoms with E-state index in [9.17, 15) is 19.7 Å². The average molecular weight is 376 g/mol. The van der Waals surface area contributed by atoms with Crippen LogP contribution in [0.4, 0.5) is 5.88 Å². The maximum absolute atomic E-state index is 11.7. The minimum absolute atomic E-state index is 0.336. The lowest BCUT2D eigenvalue weighted by molar-refractivity contribution is -0.402. The summed E-state index contributed by atoms with van der Waals surface area (Å²) in [7, 11) is 0. The molecule has 2 aromatic rings. The van der Waals surface area contributed by atoms with Gasteiger partial charge in [0.2, 0.25) is 5.76 Å². The van der Waals surface area contributed by atoms with E-state index in [-0.39, 0.29) is 5.76 Å². The van der Waals surface area contributed by atoms with Crippen molar-refractivity contribution in [2.45, 2.75) is 6.42 Å². The maximum atomic E-state index is 11.7. The van der Waals surface area contributed by atoms with E-state index in [1.165, 1.54) is 0 Å². The molecule has 0 radical (unpaired) electrons. The second-order valence-corrected chi connectivity index (χ2v) is 5.55. The number of amides is 1. The molecule has 0 unspecified atom stereocenters. The Morgan fingerprint density at radius 2 is 1.93 bits per heavy atom. The minimum Gasteiger partial charge on any atom is -0.486 e. The first-order valence-corrected chi connectivity index (χ1v) is 8.09. The molecule has 1 aliphatic rings. The lowest BCUT2D eigenvalue weighted by Crippen LogP contribution is -2.30. The van der Waals surface area contributed by atoms with Crippen LogP contribution < -0.4 is 14.8 Å². The number of hydrogen-bond donors (Lipinski definition) is 1. The number of nitrogens with one attached hydrogen (secondary N) is 1. The van der Waals surface area contributed by atoms with Crippen LogP contribution in [0.15, 0.2) is 34.7 Å². The SMILES string of the molecule is O=C(COC(=O)c1ccc([N+](=O)[O-])o1)NCCc1ccc2c(c1)OCCO2. The van der Waals surface area contributed by atoms with Gasteiger partial charge in [0.05, 0.1) is 6.07 Å². The Morgan fingerprint density at radius 1 is 1.15 bits per heavy atom. The molecule has 3 rings (SSSR count). The van der Waals surface area contributed by atoms with Crippen LogP contribution in [0.5, 0.6) is 11.5 Å². The Balaban J connectivity index is 1.40. The summed E-state index contributed by atoms with van der Waals surface area (Å²) in [6, 6.07) is 7.69. The molecule has 0 spiro atoms. The van der Waals surface area contributed by atoms with E-state index in [1.54, 1.807) is 0 Å². The van der Waals surface area contributed by atoms with Gasteiger partial charge >= 0.3 is 11.9 Å². The summed E-state index contributed by atoms with van der Waals surface area (Å²) in [6.45, 7) is 0.834. The molecule has 1 aliphatic heterocycles. The van der Waals surface area contributed by atoms with Crippen molar-refractivity contribution >= 4 is 17.8 Å². The number of rotatable bonds is 7. The Bertz CT molecular complexity index is 860. The van der Waals surface area contributed by atoms with Gasteiger partial charge in [-0.1, -0.05) is 6.07 Å². The largest absolute Gasteiger partial charge is 0.486 e. The summed E-state index contributed by atoms with van der Waals surface area (Å²) >= 11 is 0. The van der Waals surface area contributed by atoms with Crippen LogP contribution in [0.2, 0.25) is 0 Å². The molecule has 2 heterocycles. The zero-order chi connectivity index (χ0) is 19.2. The quantitative estimate of drug-likeness (QED) is 0.437. The molecule has 0 fully saturated rings. The summed E-state index contributed by atoms with van der Waals surface area (Å²) in [5, 5.41) is 13.1. The van der Waals surface area contributed by atoms with E-state index in [0.717, 1.165) is 17.7 Å². The highest BCUT2D eigenvalue weighted by atomic mass is 16.7. The van der Waals surface area contributed by atoms with Gasteiger partial charge < -0.3 is 23.9 Å². The molecule has 0 aliphatic carbocycles. The smallest absolute Gasteiger partial charge is 0.433 e. The van der Waals surface area contributed by atoms with Crippen molar-refractivity contribution < 1.29 is 33.1 Å². The predicted octanol–water partition coefficient (Wildman–Crippen LogP) is 1.47. The summed E-state index contributed by atoms with van der Waals surface area (Å²) < 4.78 is 20.4. The topological polar surface area (TPSA) is 130 Å². The highest BCUT2D eigenvalue weighted by molar-refractivity contribution is 5.89. The van der Waals surface area contributed by atoms with Crippen molar-refractivity contribution in [1.29, 1.82) is 0 Å². The highest BCUT2D eigenvalue weighted by Crippen LogP contribution is 2.30. The van der Waals surface area contributed by atoms with Crippen LogP contribution in [0.1, 0.15) is 16.1 Å². The number of carbonyl (C=O) groups excluding carboxylic acids is 2. The standard InChI is InChI=1S/C17H16N2O8/c20-15(10-26-17(21)13-3-4-16(27-13)19(22)23)18-6-5-11-1-2-12-14(9-11)25-8-7-24-12/h1-4,9H,5-8,10H2,(H,18,20). The zero-order valence-corrected chi connectivity index (χ0v) is 14.1. The van der Waals surface area contributed by atoms with Crippen LogP contribution in [0.3, 0.4) is 0 Å². The number of esters is 1. The first-order valence-electron chi connectivity index (χ1n) is 8.09. The number of nitrogens with zero attached hydrogens (tertiary/aromatic N) is 1. The lowest BCUT2D eigenvalue weighted by atomic mass is 10.1. The molecule has 1 aromatic carbocycles. The molecule has 10 nitrogen and oxygen atoms in total. The molecule has 0 saturated heterocycles. The van der Waals surface area contributed by atoms with Gasteiger partial charge in [-0.15, -0.1) is 0 Å². The van der Waals surface area contributed by atoms with E-state index in [0.29, 0.717) is 37.7 Å². The van der Waals surface area contributed by atoms with E-state index in [4.69, 9.17) is 18.6 Å². The second kappa shape index (κ2) is 8.21. The van der Waals surface area contributed by atoms with Gasteiger partial charge in [-0.3, -0.25) is 14.9 Å². The molecular weight excluding hydrogens is 360 g/mol. The summed E-state index contributed by atoms with van der Waals surface area (Å²) in [4.78, 5) is 33.1. The first kappa shape index (κ1) is 18.2. The Hall–Kier alpha value is -3.56. The maximum Gasteiger partial charge on any atom is 0.433 e. The van der Waals surface area contributed by atoms with Crippen molar-refractivity contribution in [3.05, 3.63) is 51.8 Å². The number of ether oxygens (including phenoxy) is 3. The van der Waals surface area contributed by atoms with Crippen LogP contribution in [-0.2, 0) is 16.0 Å². The Labute approximate surface area is 153 Å². The van der Waals surface area contributed by atoms with Gasteiger partial charge in [0, 0.05) is 6.54 Å². The summed E-state index contributed by atoms with van der Waals surface area (Å²) in [5.41, 5.74) is 0.958. The van der Waals surface area contributed by atoms with E-state index < -0.39 is 29.3 Å². The molecule has 1 N–H and O–H groups in total. The van der Waals surface area contributed by atoms with Gasteiger partial charge in [0.15, 0.2) is 18.1 Å². The van der Waals surface area contributed by atoms with Crippen molar-refractivity contribution in [2.24, 2.45) is 0 Å². The fourth-order valence-corrected chi connectivity index (χ4v) is 2.38. The predicted molar refractivity (Wildman–Crippen MR) is 89.8 cm³/mol.